The van der Waals surface area contributed by atoms with Crippen LogP contribution in [0.25, 0.3) is 0 Å². The molecule has 0 radical (unpaired) electrons. The molecule has 0 spiro atoms. The van der Waals surface area contributed by atoms with E-state index < -0.39 is 0 Å². The van der Waals surface area contributed by atoms with Crippen molar-refractivity contribution in [2.75, 3.05) is 0 Å². The minimum atomic E-state index is -0.327. The number of aryl methyl sites for hydroxylation is 2. The van der Waals surface area contributed by atoms with Crippen LogP contribution in [0, 0.1) is 6.92 Å². The summed E-state index contributed by atoms with van der Waals surface area (Å²) in [6.45, 7) is 6.12. The van der Waals surface area contributed by atoms with Gasteiger partial charge in [0, 0.05) is 15.7 Å². The molecule has 1 aromatic heterocycles. The minimum absolute atomic E-state index is 0.113. The Morgan fingerprint density at radius 1 is 1.44 bits per heavy atom. The van der Waals surface area contributed by atoms with E-state index in [1.807, 2.05) is 20.8 Å². The van der Waals surface area contributed by atoms with Gasteiger partial charge in [-0.05, 0) is 45.6 Å². The quantitative estimate of drug-likeness (QED) is 0.645. The van der Waals surface area contributed by atoms with E-state index in [4.69, 9.17) is 4.74 Å². The highest BCUT2D eigenvalue weighted by Gasteiger charge is 2.45. The number of carbonyl (C=O) groups is 1. The molecule has 0 amide bonds. The van der Waals surface area contributed by atoms with Crippen molar-refractivity contribution in [1.29, 1.82) is 0 Å². The standard InChI is InChI=1S/C13H16O2S/c1-7-10-11-8(5-4-6-9(11)16-7)13(2,3)15-12(10)14/h8H,4-6H2,1-3H3. The zero-order valence-electron chi connectivity index (χ0n) is 9.92. The lowest BCUT2D eigenvalue weighted by molar-refractivity contribution is -0.0236. The fraction of sp³-hybridized carbons (Fsp3) is 0.615. The summed E-state index contributed by atoms with van der Waals surface area (Å²) in [5.74, 6) is 0.298. The van der Waals surface area contributed by atoms with Crippen LogP contribution < -0.4 is 0 Å². The molecule has 1 aliphatic carbocycles. The molecule has 2 heterocycles. The van der Waals surface area contributed by atoms with Crippen molar-refractivity contribution in [2.45, 2.75) is 51.6 Å². The van der Waals surface area contributed by atoms with E-state index in [-0.39, 0.29) is 11.6 Å². The van der Waals surface area contributed by atoms with Crippen molar-refractivity contribution < 1.29 is 9.53 Å². The lowest BCUT2D eigenvalue weighted by atomic mass is 9.74. The van der Waals surface area contributed by atoms with Crippen molar-refractivity contribution in [2.24, 2.45) is 0 Å². The average Bonchev–Trinajstić information content (AvgIpc) is 2.50. The van der Waals surface area contributed by atoms with Gasteiger partial charge in [0.1, 0.15) is 5.60 Å². The molecule has 1 aliphatic heterocycles. The highest BCUT2D eigenvalue weighted by Crippen LogP contribution is 2.49. The van der Waals surface area contributed by atoms with Crippen LogP contribution in [0.5, 0.6) is 0 Å². The molecule has 1 aromatic rings. The smallest absolute Gasteiger partial charge is 0.340 e. The van der Waals surface area contributed by atoms with E-state index in [0.717, 1.165) is 23.3 Å². The SMILES string of the molecule is Cc1sc2c3c1C(=O)OC(C)(C)C3CCC2. The molecule has 3 heteroatoms. The Bertz CT molecular complexity index is 471. The third kappa shape index (κ3) is 1.21. The molecule has 2 nitrogen and oxygen atoms in total. The van der Waals surface area contributed by atoms with E-state index in [1.165, 1.54) is 16.9 Å². The third-order valence-corrected chi connectivity index (χ3v) is 5.02. The number of ether oxygens (including phenoxy) is 1. The fourth-order valence-corrected chi connectivity index (χ4v) is 4.36. The van der Waals surface area contributed by atoms with Gasteiger partial charge in [0.15, 0.2) is 0 Å². The Kier molecular flexibility index (Phi) is 2.00. The minimum Gasteiger partial charge on any atom is -0.455 e. The van der Waals surface area contributed by atoms with E-state index in [9.17, 15) is 4.79 Å². The van der Waals surface area contributed by atoms with Gasteiger partial charge in [0.25, 0.3) is 0 Å². The molecule has 86 valence electrons. The van der Waals surface area contributed by atoms with E-state index in [2.05, 4.69) is 0 Å². The van der Waals surface area contributed by atoms with Gasteiger partial charge in [-0.2, -0.15) is 0 Å². The van der Waals surface area contributed by atoms with Crippen LogP contribution in [0.15, 0.2) is 0 Å². The van der Waals surface area contributed by atoms with Gasteiger partial charge in [-0.15, -0.1) is 11.3 Å². The van der Waals surface area contributed by atoms with Gasteiger partial charge < -0.3 is 4.74 Å². The van der Waals surface area contributed by atoms with Crippen LogP contribution in [0.4, 0.5) is 0 Å². The van der Waals surface area contributed by atoms with Gasteiger partial charge >= 0.3 is 5.97 Å². The molecular weight excluding hydrogens is 220 g/mol. The molecule has 3 rings (SSSR count). The molecule has 1 atom stereocenters. The molecule has 0 fully saturated rings. The number of esters is 1. The Morgan fingerprint density at radius 2 is 2.19 bits per heavy atom. The van der Waals surface area contributed by atoms with Gasteiger partial charge in [0.05, 0.1) is 5.56 Å². The number of rotatable bonds is 0. The van der Waals surface area contributed by atoms with Crippen LogP contribution in [0.1, 0.15) is 58.3 Å². The van der Waals surface area contributed by atoms with Crippen LogP contribution in [-0.2, 0) is 11.2 Å². The predicted octanol–water partition coefficient (Wildman–Crippen LogP) is 3.43. The summed E-state index contributed by atoms with van der Waals surface area (Å²) in [5, 5.41) is 0. The Balaban J connectivity index is 2.27. The van der Waals surface area contributed by atoms with Crippen molar-refractivity contribution in [3.8, 4) is 0 Å². The summed E-state index contributed by atoms with van der Waals surface area (Å²) in [4.78, 5) is 14.6. The van der Waals surface area contributed by atoms with Gasteiger partial charge in [-0.25, -0.2) is 4.79 Å². The summed E-state index contributed by atoms with van der Waals surface area (Å²) < 4.78 is 5.60. The van der Waals surface area contributed by atoms with Crippen LogP contribution >= 0.6 is 11.3 Å². The van der Waals surface area contributed by atoms with Crippen molar-refractivity contribution in [3.05, 3.63) is 20.9 Å². The topological polar surface area (TPSA) is 26.3 Å². The molecule has 0 saturated carbocycles. The molecule has 2 aliphatic rings. The van der Waals surface area contributed by atoms with Crippen LogP contribution in [-0.4, -0.2) is 11.6 Å². The largest absolute Gasteiger partial charge is 0.455 e. The van der Waals surface area contributed by atoms with Crippen LogP contribution in [0.2, 0.25) is 0 Å². The Morgan fingerprint density at radius 3 is 2.94 bits per heavy atom. The third-order valence-electron chi connectivity index (χ3n) is 3.84. The first-order valence-corrected chi connectivity index (χ1v) is 6.68. The second kappa shape index (κ2) is 3.10. The van der Waals surface area contributed by atoms with Gasteiger partial charge in [0.2, 0.25) is 0 Å². The van der Waals surface area contributed by atoms with Crippen molar-refractivity contribution >= 4 is 17.3 Å². The normalized spacial score (nSPS) is 26.2. The summed E-state index contributed by atoms with van der Waals surface area (Å²) in [6, 6.07) is 0. The number of hydrogen-bond acceptors (Lipinski definition) is 3. The van der Waals surface area contributed by atoms with E-state index in [1.54, 1.807) is 11.3 Å². The number of carbonyl (C=O) groups excluding carboxylic acids is 1. The summed E-state index contributed by atoms with van der Waals surface area (Å²) in [5.41, 5.74) is 1.87. The second-order valence-corrected chi connectivity index (χ2v) is 6.62. The fourth-order valence-electron chi connectivity index (χ4n) is 3.10. The molecule has 1 unspecified atom stereocenters. The first kappa shape index (κ1) is 10.3. The maximum Gasteiger partial charge on any atom is 0.340 e. The van der Waals surface area contributed by atoms with E-state index >= 15 is 0 Å². The molecule has 0 N–H and O–H groups in total. The predicted molar refractivity (Wildman–Crippen MR) is 64.2 cm³/mol. The average molecular weight is 236 g/mol. The molecule has 0 saturated heterocycles. The lowest BCUT2D eigenvalue weighted by Gasteiger charge is -2.40. The zero-order valence-corrected chi connectivity index (χ0v) is 10.7. The summed E-state index contributed by atoms with van der Waals surface area (Å²) in [7, 11) is 0. The molecule has 0 bridgehead atoms. The first-order chi connectivity index (χ1) is 7.50. The molecule has 0 aromatic carbocycles. The highest BCUT2D eigenvalue weighted by atomic mass is 32.1. The lowest BCUT2D eigenvalue weighted by Crippen LogP contribution is -2.41. The zero-order chi connectivity index (χ0) is 11.5. The maximum atomic E-state index is 12.0. The number of thiophene rings is 1. The number of hydrogen-bond donors (Lipinski definition) is 0. The summed E-state index contributed by atoms with van der Waals surface area (Å²) in [6.07, 6.45) is 3.51. The Hall–Kier alpha value is -0.830. The molecule has 16 heavy (non-hydrogen) atoms. The number of cyclic esters (lactones) is 1. The monoisotopic (exact) mass is 236 g/mol. The summed E-state index contributed by atoms with van der Waals surface area (Å²) >= 11 is 1.79. The van der Waals surface area contributed by atoms with Crippen molar-refractivity contribution in [3.63, 3.8) is 0 Å². The highest BCUT2D eigenvalue weighted by molar-refractivity contribution is 7.12. The van der Waals surface area contributed by atoms with Gasteiger partial charge in [-0.1, -0.05) is 0 Å². The maximum absolute atomic E-state index is 12.0. The van der Waals surface area contributed by atoms with Crippen molar-refractivity contribution in [1.82, 2.24) is 0 Å². The molecular formula is C13H16O2S. The Labute approximate surface area is 99.6 Å². The second-order valence-electron chi connectivity index (χ2n) is 5.31. The van der Waals surface area contributed by atoms with Gasteiger partial charge in [-0.3, -0.25) is 0 Å². The first-order valence-electron chi connectivity index (χ1n) is 5.86. The van der Waals surface area contributed by atoms with Crippen LogP contribution in [0.3, 0.4) is 0 Å². The van der Waals surface area contributed by atoms with E-state index in [0.29, 0.717) is 5.92 Å².